The van der Waals surface area contributed by atoms with Crippen molar-refractivity contribution < 1.29 is 14.0 Å². The molecule has 1 fully saturated rings. The third-order valence-electron chi connectivity index (χ3n) is 4.11. The fourth-order valence-electron chi connectivity index (χ4n) is 2.19. The zero-order chi connectivity index (χ0) is 15.0. The van der Waals surface area contributed by atoms with Gasteiger partial charge in [0.2, 0.25) is 0 Å². The SMILES string of the molecule is COc1ccc(CSC)cc1B1OC(C)(C)C(C)(C)O1. The Morgan fingerprint density at radius 1 is 1.15 bits per heavy atom. The molecule has 1 aromatic rings. The fraction of sp³-hybridized carbons (Fsp3) is 0.600. The van der Waals surface area contributed by atoms with Crippen molar-refractivity contribution in [3.63, 3.8) is 0 Å². The molecule has 1 aromatic carbocycles. The molecule has 0 amide bonds. The number of ether oxygens (including phenoxy) is 1. The molecule has 3 nitrogen and oxygen atoms in total. The first-order valence-electron chi connectivity index (χ1n) is 6.82. The molecular formula is C15H23BO3S. The second-order valence-corrected chi connectivity index (χ2v) is 6.96. The third kappa shape index (κ3) is 2.85. The molecule has 0 atom stereocenters. The number of thioether (sulfide) groups is 1. The molecule has 1 heterocycles. The average molecular weight is 294 g/mol. The van der Waals surface area contributed by atoms with E-state index in [1.54, 1.807) is 18.9 Å². The van der Waals surface area contributed by atoms with E-state index in [0.29, 0.717) is 0 Å². The highest BCUT2D eigenvalue weighted by molar-refractivity contribution is 7.97. The molecule has 1 aliphatic heterocycles. The van der Waals surface area contributed by atoms with Gasteiger partial charge in [-0.1, -0.05) is 12.1 Å². The van der Waals surface area contributed by atoms with Crippen molar-refractivity contribution in [2.24, 2.45) is 0 Å². The molecule has 1 saturated heterocycles. The maximum Gasteiger partial charge on any atom is 0.498 e. The van der Waals surface area contributed by atoms with Gasteiger partial charge in [0.15, 0.2) is 0 Å². The summed E-state index contributed by atoms with van der Waals surface area (Å²) in [5.41, 5.74) is 1.55. The minimum atomic E-state index is -0.378. The lowest BCUT2D eigenvalue weighted by molar-refractivity contribution is 0.00578. The molecule has 0 saturated carbocycles. The largest absolute Gasteiger partial charge is 0.498 e. The van der Waals surface area contributed by atoms with E-state index in [1.165, 1.54) is 5.56 Å². The van der Waals surface area contributed by atoms with Gasteiger partial charge in [-0.2, -0.15) is 11.8 Å². The maximum absolute atomic E-state index is 6.12. The predicted molar refractivity (Wildman–Crippen MR) is 85.9 cm³/mol. The first-order chi connectivity index (χ1) is 9.30. The first-order valence-corrected chi connectivity index (χ1v) is 8.21. The molecule has 5 heteroatoms. The Morgan fingerprint density at radius 3 is 2.25 bits per heavy atom. The van der Waals surface area contributed by atoms with Crippen LogP contribution in [0.5, 0.6) is 5.75 Å². The summed E-state index contributed by atoms with van der Waals surface area (Å²) >= 11 is 1.80. The lowest BCUT2D eigenvalue weighted by Crippen LogP contribution is -2.41. The number of benzene rings is 1. The summed E-state index contributed by atoms with van der Waals surface area (Å²) in [4.78, 5) is 0. The highest BCUT2D eigenvalue weighted by Gasteiger charge is 2.52. The molecule has 0 aromatic heterocycles. The van der Waals surface area contributed by atoms with Gasteiger partial charge in [0, 0.05) is 11.2 Å². The van der Waals surface area contributed by atoms with Gasteiger partial charge in [-0.25, -0.2) is 0 Å². The van der Waals surface area contributed by atoms with E-state index < -0.39 is 0 Å². The van der Waals surface area contributed by atoms with Crippen molar-refractivity contribution >= 4 is 24.3 Å². The molecule has 2 rings (SSSR count). The Labute approximate surface area is 126 Å². The molecule has 0 bridgehead atoms. The quantitative estimate of drug-likeness (QED) is 0.798. The van der Waals surface area contributed by atoms with Crippen molar-refractivity contribution in [3.8, 4) is 5.75 Å². The molecule has 0 spiro atoms. The van der Waals surface area contributed by atoms with Gasteiger partial charge in [-0.3, -0.25) is 0 Å². The van der Waals surface area contributed by atoms with Gasteiger partial charge in [0.05, 0.1) is 18.3 Å². The number of hydrogen-bond acceptors (Lipinski definition) is 4. The molecule has 0 radical (unpaired) electrons. The fourth-order valence-corrected chi connectivity index (χ4v) is 2.71. The van der Waals surface area contributed by atoms with E-state index in [9.17, 15) is 0 Å². The summed E-state index contributed by atoms with van der Waals surface area (Å²) in [7, 11) is 1.30. The van der Waals surface area contributed by atoms with Crippen LogP contribution in [-0.4, -0.2) is 31.7 Å². The Bertz CT molecular complexity index is 472. The number of hydrogen-bond donors (Lipinski definition) is 0. The lowest BCUT2D eigenvalue weighted by Gasteiger charge is -2.32. The first kappa shape index (κ1) is 15.7. The van der Waals surface area contributed by atoms with Gasteiger partial charge in [-0.05, 0) is 45.6 Å². The maximum atomic E-state index is 6.12. The van der Waals surface area contributed by atoms with Crippen LogP contribution >= 0.6 is 11.8 Å². The summed E-state index contributed by atoms with van der Waals surface area (Å²) in [5, 5.41) is 0. The molecule has 0 unspecified atom stereocenters. The Balaban J connectivity index is 2.35. The summed E-state index contributed by atoms with van der Waals surface area (Å²) in [5.74, 6) is 1.78. The second kappa shape index (κ2) is 5.62. The molecule has 1 aliphatic rings. The van der Waals surface area contributed by atoms with Gasteiger partial charge in [0.1, 0.15) is 5.75 Å². The van der Waals surface area contributed by atoms with E-state index in [1.807, 2.05) is 6.07 Å². The Hall–Kier alpha value is -0.645. The van der Waals surface area contributed by atoms with Crippen molar-refractivity contribution in [1.82, 2.24) is 0 Å². The molecule has 0 aliphatic carbocycles. The third-order valence-corrected chi connectivity index (χ3v) is 4.73. The zero-order valence-electron chi connectivity index (χ0n) is 13.1. The minimum Gasteiger partial charge on any atom is -0.497 e. The molecule has 110 valence electrons. The van der Waals surface area contributed by atoms with E-state index in [4.69, 9.17) is 14.0 Å². The number of rotatable bonds is 4. The van der Waals surface area contributed by atoms with Crippen LogP contribution in [0.4, 0.5) is 0 Å². The highest BCUT2D eigenvalue weighted by atomic mass is 32.2. The number of methoxy groups -OCH3 is 1. The van der Waals surface area contributed by atoms with E-state index in [2.05, 4.69) is 46.1 Å². The molecule has 0 N–H and O–H groups in total. The van der Waals surface area contributed by atoms with E-state index in [-0.39, 0.29) is 18.3 Å². The normalized spacial score (nSPS) is 20.2. The standard InChI is InChI=1S/C15H23BO3S/c1-14(2)15(3,4)19-16(18-14)12-9-11(10-20-6)7-8-13(12)17-5/h7-9H,10H2,1-6H3. The molecule has 20 heavy (non-hydrogen) atoms. The average Bonchev–Trinajstić information content (AvgIpc) is 2.59. The van der Waals surface area contributed by atoms with Crippen molar-refractivity contribution in [2.75, 3.05) is 13.4 Å². The van der Waals surface area contributed by atoms with Crippen LogP contribution in [0.2, 0.25) is 0 Å². The van der Waals surface area contributed by atoms with Crippen LogP contribution < -0.4 is 10.2 Å². The predicted octanol–water partition coefficient (Wildman–Crippen LogP) is 2.86. The van der Waals surface area contributed by atoms with Gasteiger partial charge >= 0.3 is 7.12 Å². The van der Waals surface area contributed by atoms with Gasteiger partial charge in [-0.15, -0.1) is 0 Å². The monoisotopic (exact) mass is 294 g/mol. The van der Waals surface area contributed by atoms with Crippen LogP contribution in [0, 0.1) is 0 Å². The van der Waals surface area contributed by atoms with E-state index in [0.717, 1.165) is 17.0 Å². The van der Waals surface area contributed by atoms with Gasteiger partial charge < -0.3 is 14.0 Å². The summed E-state index contributed by atoms with van der Waals surface area (Å²) in [6, 6.07) is 6.20. The Kier molecular flexibility index (Phi) is 4.43. The van der Waals surface area contributed by atoms with Crippen LogP contribution in [0.15, 0.2) is 18.2 Å². The van der Waals surface area contributed by atoms with Gasteiger partial charge in [0.25, 0.3) is 0 Å². The second-order valence-electron chi connectivity index (χ2n) is 6.10. The summed E-state index contributed by atoms with van der Waals surface area (Å²) < 4.78 is 17.7. The Morgan fingerprint density at radius 2 is 1.75 bits per heavy atom. The van der Waals surface area contributed by atoms with Crippen LogP contribution in [0.25, 0.3) is 0 Å². The van der Waals surface area contributed by atoms with Crippen LogP contribution in [0.1, 0.15) is 33.3 Å². The highest BCUT2D eigenvalue weighted by Crippen LogP contribution is 2.37. The summed E-state index contributed by atoms with van der Waals surface area (Å²) in [6.07, 6.45) is 2.10. The van der Waals surface area contributed by atoms with Crippen molar-refractivity contribution in [3.05, 3.63) is 23.8 Å². The van der Waals surface area contributed by atoms with Crippen LogP contribution in [-0.2, 0) is 15.1 Å². The van der Waals surface area contributed by atoms with Crippen molar-refractivity contribution in [1.29, 1.82) is 0 Å². The minimum absolute atomic E-state index is 0.335. The zero-order valence-corrected chi connectivity index (χ0v) is 14.0. The van der Waals surface area contributed by atoms with E-state index >= 15 is 0 Å². The molecular weight excluding hydrogens is 271 g/mol. The van der Waals surface area contributed by atoms with Crippen LogP contribution in [0.3, 0.4) is 0 Å². The smallest absolute Gasteiger partial charge is 0.497 e. The van der Waals surface area contributed by atoms with Crippen molar-refractivity contribution in [2.45, 2.75) is 44.6 Å². The lowest BCUT2D eigenvalue weighted by atomic mass is 9.77. The summed E-state index contributed by atoms with van der Waals surface area (Å²) in [6.45, 7) is 8.24. The topological polar surface area (TPSA) is 27.7 Å².